The van der Waals surface area contributed by atoms with Gasteiger partial charge < -0.3 is 19.5 Å². The molecule has 1 aromatic rings. The second-order valence-electron chi connectivity index (χ2n) is 5.06. The summed E-state index contributed by atoms with van der Waals surface area (Å²) in [5.41, 5.74) is -0.761. The van der Waals surface area contributed by atoms with Gasteiger partial charge in [-0.3, -0.25) is 4.79 Å². The molecule has 0 spiro atoms. The number of aliphatic hydroxyl groups is 1. The van der Waals surface area contributed by atoms with Gasteiger partial charge in [-0.1, -0.05) is 12.1 Å². The number of nitrogens with zero attached hydrogens (tertiary/aromatic N) is 1. The second kappa shape index (κ2) is 3.88. The zero-order valence-corrected chi connectivity index (χ0v) is 10.1. The fraction of sp³-hybridized carbons (Fsp3) is 0.462. The Bertz CT molecular complexity index is 478. The van der Waals surface area contributed by atoms with Crippen molar-refractivity contribution in [2.75, 3.05) is 19.7 Å². The number of rotatable bonds is 1. The summed E-state index contributed by atoms with van der Waals surface area (Å²) in [6.07, 6.45) is -0.615. The van der Waals surface area contributed by atoms with Gasteiger partial charge in [0, 0.05) is 0 Å². The molecule has 0 aromatic heterocycles. The van der Waals surface area contributed by atoms with Crippen molar-refractivity contribution in [2.45, 2.75) is 18.6 Å². The number of hydrogen-bond donors (Lipinski definition) is 1. The Kier molecular flexibility index (Phi) is 2.45. The monoisotopic (exact) mass is 249 g/mol. The Morgan fingerprint density at radius 1 is 1.39 bits per heavy atom. The Labute approximate surface area is 105 Å². The molecule has 1 fully saturated rings. The highest BCUT2D eigenvalue weighted by Crippen LogP contribution is 2.32. The molecule has 1 amide bonds. The van der Waals surface area contributed by atoms with E-state index in [2.05, 4.69) is 0 Å². The summed E-state index contributed by atoms with van der Waals surface area (Å²) in [5.74, 6) is 1.13. The molecule has 3 rings (SSSR count). The van der Waals surface area contributed by atoms with Gasteiger partial charge in [0.15, 0.2) is 11.5 Å². The number of para-hydroxylation sites is 2. The summed E-state index contributed by atoms with van der Waals surface area (Å²) in [5, 5.41) is 9.62. The number of carbonyl (C=O) groups is 1. The quantitative estimate of drug-likeness (QED) is 0.783. The Morgan fingerprint density at radius 2 is 2.06 bits per heavy atom. The van der Waals surface area contributed by atoms with Crippen LogP contribution in [0.5, 0.6) is 11.5 Å². The third-order valence-corrected chi connectivity index (χ3v) is 3.16. The van der Waals surface area contributed by atoms with E-state index in [4.69, 9.17) is 9.47 Å². The van der Waals surface area contributed by atoms with Crippen LogP contribution in [0, 0.1) is 0 Å². The van der Waals surface area contributed by atoms with Crippen LogP contribution in [-0.4, -0.2) is 47.3 Å². The summed E-state index contributed by atoms with van der Waals surface area (Å²) in [4.78, 5) is 13.7. The molecule has 18 heavy (non-hydrogen) atoms. The Hall–Kier alpha value is -1.75. The average molecular weight is 249 g/mol. The number of likely N-dealkylation sites (tertiary alicyclic amines) is 1. The lowest BCUT2D eigenvalue weighted by Gasteiger charge is -2.45. The van der Waals surface area contributed by atoms with Gasteiger partial charge in [0.05, 0.1) is 18.7 Å². The molecule has 2 heterocycles. The topological polar surface area (TPSA) is 59.0 Å². The molecule has 5 heteroatoms. The van der Waals surface area contributed by atoms with E-state index in [1.165, 1.54) is 0 Å². The lowest BCUT2D eigenvalue weighted by Crippen LogP contribution is -2.64. The molecule has 5 nitrogen and oxygen atoms in total. The third kappa shape index (κ3) is 1.90. The molecule has 1 saturated heterocycles. The average Bonchev–Trinajstić information content (AvgIpc) is 2.34. The second-order valence-corrected chi connectivity index (χ2v) is 5.06. The molecule has 1 N–H and O–H groups in total. The molecule has 2 aliphatic rings. The van der Waals surface area contributed by atoms with Gasteiger partial charge >= 0.3 is 0 Å². The van der Waals surface area contributed by atoms with Crippen LogP contribution in [0.25, 0.3) is 0 Å². The first-order valence-electron chi connectivity index (χ1n) is 5.95. The zero-order chi connectivity index (χ0) is 12.8. The summed E-state index contributed by atoms with van der Waals surface area (Å²) in [6.45, 7) is 2.64. The molecular weight excluding hydrogens is 234 g/mol. The smallest absolute Gasteiger partial charge is 0.267 e. The van der Waals surface area contributed by atoms with E-state index >= 15 is 0 Å². The Morgan fingerprint density at radius 3 is 2.72 bits per heavy atom. The van der Waals surface area contributed by atoms with Crippen molar-refractivity contribution in [1.29, 1.82) is 0 Å². The van der Waals surface area contributed by atoms with Gasteiger partial charge in [-0.15, -0.1) is 0 Å². The van der Waals surface area contributed by atoms with Crippen molar-refractivity contribution in [2.24, 2.45) is 0 Å². The van der Waals surface area contributed by atoms with E-state index in [-0.39, 0.29) is 12.5 Å². The first kappa shape index (κ1) is 11.3. The molecule has 0 bridgehead atoms. The molecule has 0 saturated carbocycles. The van der Waals surface area contributed by atoms with Crippen LogP contribution < -0.4 is 9.47 Å². The van der Waals surface area contributed by atoms with Gasteiger partial charge in [-0.2, -0.15) is 0 Å². The highest BCUT2D eigenvalue weighted by Gasteiger charge is 2.43. The first-order chi connectivity index (χ1) is 8.55. The summed E-state index contributed by atoms with van der Waals surface area (Å²) < 4.78 is 11.1. The van der Waals surface area contributed by atoms with Gasteiger partial charge in [-0.05, 0) is 19.1 Å². The van der Waals surface area contributed by atoms with E-state index in [0.29, 0.717) is 24.6 Å². The highest BCUT2D eigenvalue weighted by atomic mass is 16.6. The fourth-order valence-electron chi connectivity index (χ4n) is 2.28. The number of fused-ring (bicyclic) bond motifs is 1. The van der Waals surface area contributed by atoms with Crippen LogP contribution in [0.4, 0.5) is 0 Å². The lowest BCUT2D eigenvalue weighted by molar-refractivity contribution is -0.161. The highest BCUT2D eigenvalue weighted by molar-refractivity contribution is 5.83. The Balaban J connectivity index is 1.68. The number of benzene rings is 1. The number of β-amino-alcohol motifs (C(OH)–C–C–N with tert-alkyl or cyclic N) is 1. The molecule has 1 unspecified atom stereocenters. The predicted octanol–water partition coefficient (Wildman–Crippen LogP) is 0.420. The standard InChI is InChI=1S/C13H15NO4/c1-13(16)7-14(8-13)12(15)11-6-17-9-4-2-3-5-10(9)18-11/h2-5,11,16H,6-8H2,1H3. The van der Waals surface area contributed by atoms with Crippen LogP contribution >= 0.6 is 0 Å². The zero-order valence-electron chi connectivity index (χ0n) is 10.1. The number of hydrogen-bond acceptors (Lipinski definition) is 4. The minimum Gasteiger partial charge on any atom is -0.485 e. The van der Waals surface area contributed by atoms with Crippen molar-refractivity contribution in [3.8, 4) is 11.5 Å². The van der Waals surface area contributed by atoms with Crippen LogP contribution in [-0.2, 0) is 4.79 Å². The van der Waals surface area contributed by atoms with E-state index in [1.807, 2.05) is 18.2 Å². The van der Waals surface area contributed by atoms with E-state index in [9.17, 15) is 9.90 Å². The number of ether oxygens (including phenoxy) is 2. The maximum Gasteiger partial charge on any atom is 0.267 e. The molecule has 0 aliphatic carbocycles. The van der Waals surface area contributed by atoms with Crippen LogP contribution in [0.2, 0.25) is 0 Å². The van der Waals surface area contributed by atoms with Gasteiger partial charge in [-0.25, -0.2) is 0 Å². The summed E-state index contributed by atoms with van der Waals surface area (Å²) >= 11 is 0. The van der Waals surface area contributed by atoms with Crippen molar-refractivity contribution in [3.05, 3.63) is 24.3 Å². The normalized spacial score (nSPS) is 24.3. The third-order valence-electron chi connectivity index (χ3n) is 3.16. The number of carbonyl (C=O) groups excluding carboxylic acids is 1. The minimum atomic E-state index is -0.761. The van der Waals surface area contributed by atoms with Crippen LogP contribution in [0.15, 0.2) is 24.3 Å². The molecular formula is C13H15NO4. The van der Waals surface area contributed by atoms with E-state index in [1.54, 1.807) is 17.9 Å². The summed E-state index contributed by atoms with van der Waals surface area (Å²) in [7, 11) is 0. The maximum absolute atomic E-state index is 12.1. The van der Waals surface area contributed by atoms with Gasteiger partial charge in [0.25, 0.3) is 5.91 Å². The van der Waals surface area contributed by atoms with Crippen LogP contribution in [0.1, 0.15) is 6.92 Å². The SMILES string of the molecule is CC1(O)CN(C(=O)C2COc3ccccc3O2)C1. The molecule has 96 valence electrons. The minimum absolute atomic E-state index is 0.129. The number of amides is 1. The van der Waals surface area contributed by atoms with Crippen molar-refractivity contribution in [1.82, 2.24) is 4.90 Å². The van der Waals surface area contributed by atoms with Crippen LogP contribution in [0.3, 0.4) is 0 Å². The fourth-order valence-corrected chi connectivity index (χ4v) is 2.28. The van der Waals surface area contributed by atoms with E-state index in [0.717, 1.165) is 0 Å². The van der Waals surface area contributed by atoms with Crippen molar-refractivity contribution < 1.29 is 19.4 Å². The molecule has 1 aromatic carbocycles. The molecule has 0 radical (unpaired) electrons. The van der Waals surface area contributed by atoms with Gasteiger partial charge in [0.1, 0.15) is 6.61 Å². The molecule has 1 atom stereocenters. The van der Waals surface area contributed by atoms with E-state index < -0.39 is 11.7 Å². The van der Waals surface area contributed by atoms with Gasteiger partial charge in [0.2, 0.25) is 6.10 Å². The lowest BCUT2D eigenvalue weighted by atomic mass is 9.96. The van der Waals surface area contributed by atoms with Crippen molar-refractivity contribution >= 4 is 5.91 Å². The molecule has 2 aliphatic heterocycles. The van der Waals surface area contributed by atoms with Crippen molar-refractivity contribution in [3.63, 3.8) is 0 Å². The predicted molar refractivity (Wildman–Crippen MR) is 63.6 cm³/mol. The summed E-state index contributed by atoms with van der Waals surface area (Å²) in [6, 6.07) is 7.28. The first-order valence-corrected chi connectivity index (χ1v) is 5.95. The maximum atomic E-state index is 12.1. The largest absolute Gasteiger partial charge is 0.485 e.